The summed E-state index contributed by atoms with van der Waals surface area (Å²) in [5.41, 5.74) is 0.562. The smallest absolute Gasteiger partial charge is 0.255 e. The van der Waals surface area contributed by atoms with E-state index in [1.54, 1.807) is 25.4 Å². The van der Waals surface area contributed by atoms with Crippen LogP contribution in [0.1, 0.15) is 55.3 Å². The highest BCUT2D eigenvalue weighted by Crippen LogP contribution is 2.33. The Kier molecular flexibility index (Phi) is 6.12. The van der Waals surface area contributed by atoms with Crippen LogP contribution in [0.25, 0.3) is 0 Å². The van der Waals surface area contributed by atoms with Gasteiger partial charge in [-0.15, -0.1) is 0 Å². The van der Waals surface area contributed by atoms with Gasteiger partial charge in [0.15, 0.2) is 0 Å². The van der Waals surface area contributed by atoms with Gasteiger partial charge >= 0.3 is 0 Å². The van der Waals surface area contributed by atoms with E-state index in [0.29, 0.717) is 18.0 Å². The standard InChI is InChI=1S/C20H29N3O3/c1-22-12-5-3-4-6-13-23(17-9-7-8-16(17)20(22)25)19(24)15-10-11-18(26-2)21-14-15/h10-11,14,16-17H,3-9,12-13H2,1-2H3/t16-,17+/m1/s1. The number of carbonyl (C=O) groups excluding carboxylic acids is 2. The minimum atomic E-state index is -0.0757. The highest BCUT2D eigenvalue weighted by Gasteiger charge is 2.40. The fourth-order valence-electron chi connectivity index (χ4n) is 4.19. The number of pyridine rings is 1. The Hall–Kier alpha value is -2.11. The molecule has 2 atom stereocenters. The third-order valence-corrected chi connectivity index (χ3v) is 5.67. The predicted molar refractivity (Wildman–Crippen MR) is 99.1 cm³/mol. The molecule has 1 aliphatic heterocycles. The van der Waals surface area contributed by atoms with E-state index in [1.807, 2.05) is 16.8 Å². The van der Waals surface area contributed by atoms with Gasteiger partial charge in [0.25, 0.3) is 5.91 Å². The van der Waals surface area contributed by atoms with E-state index in [1.165, 1.54) is 0 Å². The normalized spacial score (nSPS) is 24.8. The third kappa shape index (κ3) is 4.00. The third-order valence-electron chi connectivity index (χ3n) is 5.67. The molecule has 0 unspecified atom stereocenters. The lowest BCUT2D eigenvalue weighted by molar-refractivity contribution is -0.135. The van der Waals surface area contributed by atoms with Crippen LogP contribution in [0.4, 0.5) is 0 Å². The average molecular weight is 359 g/mol. The van der Waals surface area contributed by atoms with Crippen LogP contribution >= 0.6 is 0 Å². The molecule has 142 valence electrons. The Morgan fingerprint density at radius 1 is 1.12 bits per heavy atom. The topological polar surface area (TPSA) is 62.7 Å². The number of amides is 2. The first-order valence-electron chi connectivity index (χ1n) is 9.68. The van der Waals surface area contributed by atoms with Crippen LogP contribution in [-0.4, -0.2) is 59.9 Å². The molecule has 0 N–H and O–H groups in total. The number of nitrogens with zero attached hydrogens (tertiary/aromatic N) is 3. The van der Waals surface area contributed by atoms with Crippen molar-refractivity contribution in [1.82, 2.24) is 14.8 Å². The molecule has 1 saturated carbocycles. The Bertz CT molecular complexity index is 632. The summed E-state index contributed by atoms with van der Waals surface area (Å²) in [5, 5.41) is 0. The molecule has 1 aromatic rings. The second kappa shape index (κ2) is 8.52. The largest absolute Gasteiger partial charge is 0.481 e. The maximum Gasteiger partial charge on any atom is 0.255 e. The summed E-state index contributed by atoms with van der Waals surface area (Å²) in [7, 11) is 3.46. The number of aromatic nitrogens is 1. The summed E-state index contributed by atoms with van der Waals surface area (Å²) in [4.78, 5) is 34.1. The van der Waals surface area contributed by atoms with Crippen molar-refractivity contribution < 1.29 is 14.3 Å². The first-order chi connectivity index (χ1) is 12.6. The zero-order valence-electron chi connectivity index (χ0n) is 15.8. The van der Waals surface area contributed by atoms with Gasteiger partial charge in [0, 0.05) is 38.4 Å². The van der Waals surface area contributed by atoms with Crippen LogP contribution in [0, 0.1) is 5.92 Å². The van der Waals surface area contributed by atoms with Crippen molar-refractivity contribution in [2.24, 2.45) is 5.92 Å². The zero-order chi connectivity index (χ0) is 18.5. The molecule has 2 amide bonds. The fourth-order valence-corrected chi connectivity index (χ4v) is 4.19. The van der Waals surface area contributed by atoms with E-state index in [2.05, 4.69) is 4.98 Å². The van der Waals surface area contributed by atoms with Gasteiger partial charge in [-0.05, 0) is 31.7 Å². The van der Waals surface area contributed by atoms with Crippen molar-refractivity contribution in [3.8, 4) is 5.88 Å². The van der Waals surface area contributed by atoms with Gasteiger partial charge in [-0.25, -0.2) is 4.98 Å². The molecule has 6 nitrogen and oxygen atoms in total. The van der Waals surface area contributed by atoms with Gasteiger partial charge in [-0.3, -0.25) is 9.59 Å². The SMILES string of the molecule is COc1ccc(C(=O)N2CCCCCCN(C)C(=O)[C@@H]3CCC[C@@H]32)cn1. The molecule has 1 aliphatic carbocycles. The van der Waals surface area contributed by atoms with E-state index >= 15 is 0 Å². The van der Waals surface area contributed by atoms with E-state index in [4.69, 9.17) is 4.74 Å². The van der Waals surface area contributed by atoms with E-state index in [9.17, 15) is 9.59 Å². The number of hydrogen-bond acceptors (Lipinski definition) is 4. The molecule has 3 rings (SSSR count). The van der Waals surface area contributed by atoms with Crippen LogP contribution in [0.2, 0.25) is 0 Å². The van der Waals surface area contributed by atoms with Crippen molar-refractivity contribution >= 4 is 11.8 Å². The van der Waals surface area contributed by atoms with Gasteiger partial charge in [0.05, 0.1) is 18.6 Å². The van der Waals surface area contributed by atoms with Crippen LogP contribution < -0.4 is 4.74 Å². The van der Waals surface area contributed by atoms with Gasteiger partial charge < -0.3 is 14.5 Å². The molecule has 0 bridgehead atoms. The Balaban J connectivity index is 1.85. The number of ether oxygens (including phenoxy) is 1. The van der Waals surface area contributed by atoms with Crippen LogP contribution in [0.15, 0.2) is 18.3 Å². The van der Waals surface area contributed by atoms with Crippen molar-refractivity contribution in [1.29, 1.82) is 0 Å². The minimum absolute atomic E-state index is 0.00217. The van der Waals surface area contributed by atoms with Gasteiger partial charge in [-0.2, -0.15) is 0 Å². The summed E-state index contributed by atoms with van der Waals surface area (Å²) in [6.07, 6.45) is 8.55. The highest BCUT2D eigenvalue weighted by molar-refractivity contribution is 5.94. The first-order valence-corrected chi connectivity index (χ1v) is 9.68. The van der Waals surface area contributed by atoms with Crippen molar-refractivity contribution in [3.63, 3.8) is 0 Å². The second-order valence-electron chi connectivity index (χ2n) is 7.37. The lowest BCUT2D eigenvalue weighted by Gasteiger charge is -2.34. The van der Waals surface area contributed by atoms with E-state index in [-0.39, 0.29) is 23.8 Å². The number of methoxy groups -OCH3 is 1. The van der Waals surface area contributed by atoms with Crippen LogP contribution in [0.3, 0.4) is 0 Å². The summed E-state index contributed by atoms with van der Waals surface area (Å²) in [6.45, 7) is 1.53. The monoisotopic (exact) mass is 359 g/mol. The zero-order valence-corrected chi connectivity index (χ0v) is 15.8. The Morgan fingerprint density at radius 3 is 2.58 bits per heavy atom. The first kappa shape index (κ1) is 18.7. The summed E-state index contributed by atoms with van der Waals surface area (Å²) in [6, 6.07) is 3.47. The fraction of sp³-hybridized carbons (Fsp3) is 0.650. The summed E-state index contributed by atoms with van der Waals surface area (Å²) < 4.78 is 5.08. The van der Waals surface area contributed by atoms with Crippen LogP contribution in [0.5, 0.6) is 5.88 Å². The lowest BCUT2D eigenvalue weighted by atomic mass is 9.99. The molecular weight excluding hydrogens is 330 g/mol. The van der Waals surface area contributed by atoms with Gasteiger partial charge in [0.1, 0.15) is 0 Å². The second-order valence-corrected chi connectivity index (χ2v) is 7.37. The molecule has 2 heterocycles. The van der Waals surface area contributed by atoms with Crippen molar-refractivity contribution in [2.45, 2.75) is 51.0 Å². The highest BCUT2D eigenvalue weighted by atomic mass is 16.5. The molecule has 1 aromatic heterocycles. The molecule has 0 aromatic carbocycles. The maximum atomic E-state index is 13.2. The Morgan fingerprint density at radius 2 is 1.88 bits per heavy atom. The maximum absolute atomic E-state index is 13.2. The molecule has 26 heavy (non-hydrogen) atoms. The van der Waals surface area contributed by atoms with Crippen molar-refractivity contribution in [3.05, 3.63) is 23.9 Å². The molecule has 6 heteroatoms. The molecular formula is C20H29N3O3. The quantitative estimate of drug-likeness (QED) is 0.814. The molecule has 2 fully saturated rings. The molecule has 1 saturated heterocycles. The van der Waals surface area contributed by atoms with E-state index < -0.39 is 0 Å². The lowest BCUT2D eigenvalue weighted by Crippen LogP contribution is -2.47. The van der Waals surface area contributed by atoms with Gasteiger partial charge in [-0.1, -0.05) is 19.3 Å². The summed E-state index contributed by atoms with van der Waals surface area (Å²) in [5.74, 6) is 0.592. The summed E-state index contributed by atoms with van der Waals surface area (Å²) >= 11 is 0. The number of fused-ring (bicyclic) bond motifs is 1. The number of carbonyl (C=O) groups is 2. The van der Waals surface area contributed by atoms with Crippen LogP contribution in [-0.2, 0) is 4.79 Å². The molecule has 0 spiro atoms. The molecule has 2 aliphatic rings. The Labute approximate surface area is 155 Å². The average Bonchev–Trinajstić information content (AvgIpc) is 3.14. The molecule has 0 radical (unpaired) electrons. The minimum Gasteiger partial charge on any atom is -0.481 e. The van der Waals surface area contributed by atoms with Crippen molar-refractivity contribution in [2.75, 3.05) is 27.2 Å². The number of hydrogen-bond donors (Lipinski definition) is 0. The number of rotatable bonds is 2. The predicted octanol–water partition coefficient (Wildman–Crippen LogP) is 2.73. The van der Waals surface area contributed by atoms with E-state index in [0.717, 1.165) is 51.5 Å². The van der Waals surface area contributed by atoms with Gasteiger partial charge in [0.2, 0.25) is 11.8 Å².